The van der Waals surface area contributed by atoms with Crippen LogP contribution in [0.4, 0.5) is 0 Å². The quantitative estimate of drug-likeness (QED) is 0.709. The fourth-order valence-electron chi connectivity index (χ4n) is 2.83. The van der Waals surface area contributed by atoms with Gasteiger partial charge in [0.2, 0.25) is 0 Å². The zero-order valence-corrected chi connectivity index (χ0v) is 12.2. The van der Waals surface area contributed by atoms with Gasteiger partial charge in [-0.1, -0.05) is 6.92 Å². The van der Waals surface area contributed by atoms with E-state index < -0.39 is 11.5 Å². The van der Waals surface area contributed by atoms with Crippen LogP contribution < -0.4 is 5.32 Å². The highest BCUT2D eigenvalue weighted by Gasteiger charge is 2.34. The van der Waals surface area contributed by atoms with Crippen LogP contribution >= 0.6 is 0 Å². The summed E-state index contributed by atoms with van der Waals surface area (Å²) in [4.78, 5) is 16.3. The minimum atomic E-state index is -0.789. The van der Waals surface area contributed by atoms with Crippen LogP contribution in [0, 0.1) is 0 Å². The van der Waals surface area contributed by atoms with Crippen molar-refractivity contribution in [1.82, 2.24) is 15.1 Å². The Labute approximate surface area is 115 Å². The van der Waals surface area contributed by atoms with Crippen molar-refractivity contribution in [2.24, 2.45) is 0 Å². The number of nitrogens with zero attached hydrogens (tertiary/aromatic N) is 2. The Kier molecular flexibility index (Phi) is 4.81. The highest BCUT2D eigenvalue weighted by atomic mass is 16.4. The van der Waals surface area contributed by atoms with E-state index in [0.29, 0.717) is 13.0 Å². The first-order chi connectivity index (χ1) is 9.05. The zero-order chi connectivity index (χ0) is 13.9. The van der Waals surface area contributed by atoms with Gasteiger partial charge in [-0.25, -0.2) is 0 Å². The number of carboxylic acid groups (broad SMARTS) is 1. The zero-order valence-electron chi connectivity index (χ0n) is 12.2. The second-order valence-electron chi connectivity index (χ2n) is 6.03. The highest BCUT2D eigenvalue weighted by molar-refractivity contribution is 5.78. The Bertz CT molecular complexity index is 312. The summed E-state index contributed by atoms with van der Waals surface area (Å²) in [6.07, 6.45) is 3.41. The lowest BCUT2D eigenvalue weighted by atomic mass is 9.97. The number of hydrogen-bond donors (Lipinski definition) is 2. The summed E-state index contributed by atoms with van der Waals surface area (Å²) in [7, 11) is 0. The Balaban J connectivity index is 1.73. The van der Waals surface area contributed by atoms with Gasteiger partial charge in [-0.3, -0.25) is 9.69 Å². The van der Waals surface area contributed by atoms with Crippen molar-refractivity contribution >= 4 is 5.97 Å². The van der Waals surface area contributed by atoms with Gasteiger partial charge >= 0.3 is 5.97 Å². The van der Waals surface area contributed by atoms with Gasteiger partial charge in [0.15, 0.2) is 0 Å². The van der Waals surface area contributed by atoms with Crippen LogP contribution in [0.1, 0.15) is 33.1 Å². The molecule has 1 atom stereocenters. The molecule has 0 aromatic heterocycles. The number of rotatable bonds is 7. The topological polar surface area (TPSA) is 55.8 Å². The van der Waals surface area contributed by atoms with Crippen molar-refractivity contribution in [3.05, 3.63) is 0 Å². The smallest absolute Gasteiger partial charge is 0.323 e. The Hall–Kier alpha value is -0.650. The summed E-state index contributed by atoms with van der Waals surface area (Å²) in [5.41, 5.74) is -0.789. The van der Waals surface area contributed by atoms with E-state index in [1.165, 1.54) is 12.8 Å². The minimum Gasteiger partial charge on any atom is -0.480 e. The molecule has 0 amide bonds. The molecule has 2 N–H and O–H groups in total. The van der Waals surface area contributed by atoms with E-state index in [1.54, 1.807) is 6.92 Å². The first-order valence-electron chi connectivity index (χ1n) is 7.50. The molecule has 0 spiro atoms. The number of piperazine rings is 1. The summed E-state index contributed by atoms with van der Waals surface area (Å²) in [5.74, 6) is -0.744. The van der Waals surface area contributed by atoms with E-state index in [9.17, 15) is 9.90 Å². The Morgan fingerprint density at radius 3 is 2.42 bits per heavy atom. The average Bonchev–Trinajstić information content (AvgIpc) is 3.21. The van der Waals surface area contributed by atoms with Gasteiger partial charge in [-0.05, 0) is 32.7 Å². The molecule has 2 aliphatic rings. The van der Waals surface area contributed by atoms with Gasteiger partial charge in [0, 0.05) is 38.8 Å². The Morgan fingerprint density at radius 2 is 1.95 bits per heavy atom. The van der Waals surface area contributed by atoms with Gasteiger partial charge in [0.25, 0.3) is 0 Å². The van der Waals surface area contributed by atoms with E-state index >= 15 is 0 Å². The number of aliphatic carboxylic acids is 1. The standard InChI is InChI=1S/C14H27N3O2/c1-3-15-14(2,13(18)19)6-7-16-8-10-17(11-9-16)12-4-5-12/h12,15H,3-11H2,1-2H3,(H,18,19). The van der Waals surface area contributed by atoms with E-state index in [-0.39, 0.29) is 0 Å². The van der Waals surface area contributed by atoms with Gasteiger partial charge in [0.1, 0.15) is 5.54 Å². The van der Waals surface area contributed by atoms with E-state index in [4.69, 9.17) is 0 Å². The van der Waals surface area contributed by atoms with Crippen LogP contribution in [-0.2, 0) is 4.79 Å². The number of carbonyl (C=O) groups is 1. The first-order valence-corrected chi connectivity index (χ1v) is 7.50. The van der Waals surface area contributed by atoms with Crippen LogP contribution in [0.5, 0.6) is 0 Å². The summed E-state index contributed by atoms with van der Waals surface area (Å²) < 4.78 is 0. The van der Waals surface area contributed by atoms with Crippen LogP contribution in [-0.4, -0.2) is 71.7 Å². The molecule has 1 saturated heterocycles. The molecule has 2 rings (SSSR count). The molecule has 1 unspecified atom stereocenters. The maximum Gasteiger partial charge on any atom is 0.323 e. The van der Waals surface area contributed by atoms with Crippen molar-refractivity contribution in [1.29, 1.82) is 0 Å². The highest BCUT2D eigenvalue weighted by Crippen LogP contribution is 2.27. The third-order valence-electron chi connectivity index (χ3n) is 4.44. The number of nitrogens with one attached hydrogen (secondary N) is 1. The molecule has 1 heterocycles. The molecule has 19 heavy (non-hydrogen) atoms. The predicted molar refractivity (Wildman–Crippen MR) is 75.4 cm³/mol. The molecule has 1 aliphatic heterocycles. The molecule has 0 radical (unpaired) electrons. The molecule has 2 fully saturated rings. The summed E-state index contributed by atoms with van der Waals surface area (Å²) >= 11 is 0. The minimum absolute atomic E-state index is 0.666. The summed E-state index contributed by atoms with van der Waals surface area (Å²) in [5, 5.41) is 12.4. The lowest BCUT2D eigenvalue weighted by Crippen LogP contribution is -2.53. The number of carboxylic acids is 1. The Morgan fingerprint density at radius 1 is 1.32 bits per heavy atom. The van der Waals surface area contributed by atoms with Crippen molar-refractivity contribution in [2.75, 3.05) is 39.3 Å². The summed E-state index contributed by atoms with van der Waals surface area (Å²) in [6.45, 7) is 9.77. The third-order valence-corrected chi connectivity index (χ3v) is 4.44. The molecule has 1 saturated carbocycles. The van der Waals surface area contributed by atoms with E-state index in [2.05, 4.69) is 15.1 Å². The second-order valence-corrected chi connectivity index (χ2v) is 6.03. The largest absolute Gasteiger partial charge is 0.480 e. The molecule has 5 nitrogen and oxygen atoms in total. The van der Waals surface area contributed by atoms with E-state index in [0.717, 1.165) is 38.8 Å². The van der Waals surface area contributed by atoms with Crippen LogP contribution in [0.3, 0.4) is 0 Å². The van der Waals surface area contributed by atoms with Crippen LogP contribution in [0.2, 0.25) is 0 Å². The lowest BCUT2D eigenvalue weighted by molar-refractivity contribution is -0.144. The maximum atomic E-state index is 11.3. The number of hydrogen-bond acceptors (Lipinski definition) is 4. The van der Waals surface area contributed by atoms with Crippen molar-refractivity contribution in [3.63, 3.8) is 0 Å². The van der Waals surface area contributed by atoms with Gasteiger partial charge in [-0.2, -0.15) is 0 Å². The fourth-order valence-corrected chi connectivity index (χ4v) is 2.83. The molecular formula is C14H27N3O2. The van der Waals surface area contributed by atoms with Gasteiger partial charge in [-0.15, -0.1) is 0 Å². The first kappa shape index (κ1) is 14.8. The predicted octanol–water partition coefficient (Wildman–Crippen LogP) is 0.609. The van der Waals surface area contributed by atoms with Crippen LogP contribution in [0.25, 0.3) is 0 Å². The third kappa shape index (κ3) is 3.91. The van der Waals surface area contributed by atoms with Crippen molar-refractivity contribution in [3.8, 4) is 0 Å². The summed E-state index contributed by atoms with van der Waals surface area (Å²) in [6, 6.07) is 0.855. The lowest BCUT2D eigenvalue weighted by Gasteiger charge is -2.36. The maximum absolute atomic E-state index is 11.3. The monoisotopic (exact) mass is 269 g/mol. The molecule has 0 aromatic carbocycles. The van der Waals surface area contributed by atoms with Crippen LogP contribution in [0.15, 0.2) is 0 Å². The molecule has 1 aliphatic carbocycles. The van der Waals surface area contributed by atoms with Gasteiger partial charge in [0.05, 0.1) is 0 Å². The second kappa shape index (κ2) is 6.20. The van der Waals surface area contributed by atoms with E-state index in [1.807, 2.05) is 6.92 Å². The van der Waals surface area contributed by atoms with Crippen molar-refractivity contribution < 1.29 is 9.90 Å². The number of likely N-dealkylation sites (N-methyl/N-ethyl adjacent to an activating group) is 1. The molecule has 110 valence electrons. The normalized spacial score (nSPS) is 25.2. The molecule has 5 heteroatoms. The SMILES string of the molecule is CCNC(C)(CCN1CCN(C2CC2)CC1)C(=O)O. The van der Waals surface area contributed by atoms with Crippen molar-refractivity contribution in [2.45, 2.75) is 44.7 Å². The molecule has 0 aromatic rings. The molecule has 0 bridgehead atoms. The fraction of sp³-hybridized carbons (Fsp3) is 0.929. The van der Waals surface area contributed by atoms with Gasteiger partial charge < -0.3 is 15.3 Å². The average molecular weight is 269 g/mol. The molecular weight excluding hydrogens is 242 g/mol.